The first-order valence-electron chi connectivity index (χ1n) is 4.36. The Morgan fingerprint density at radius 1 is 1.29 bits per heavy atom. The Balaban J connectivity index is 3.30. The molecular formula is C8H16N2O4. The van der Waals surface area contributed by atoms with Crippen molar-refractivity contribution in [1.29, 1.82) is 0 Å². The van der Waals surface area contributed by atoms with Crippen molar-refractivity contribution in [2.45, 2.75) is 19.4 Å². The molecule has 0 aromatic rings. The van der Waals surface area contributed by atoms with Crippen LogP contribution in [0.15, 0.2) is 0 Å². The average Bonchev–Trinajstić information content (AvgIpc) is 2.16. The average molecular weight is 204 g/mol. The molecule has 0 aromatic heterocycles. The minimum Gasteiger partial charge on any atom is -0.465 e. The van der Waals surface area contributed by atoms with Gasteiger partial charge in [-0.05, 0) is 6.92 Å². The molecule has 6 heteroatoms. The monoisotopic (exact) mass is 204 g/mol. The van der Waals surface area contributed by atoms with Crippen LogP contribution in [-0.4, -0.2) is 37.7 Å². The summed E-state index contributed by atoms with van der Waals surface area (Å²) in [4.78, 5) is 21.4. The van der Waals surface area contributed by atoms with Crippen LogP contribution in [0.1, 0.15) is 13.3 Å². The fourth-order valence-corrected chi connectivity index (χ4v) is 0.608. The summed E-state index contributed by atoms with van der Waals surface area (Å²) in [5, 5.41) is 0. The van der Waals surface area contributed by atoms with Crippen LogP contribution in [0.2, 0.25) is 0 Å². The van der Waals surface area contributed by atoms with Crippen LogP contribution in [0, 0.1) is 0 Å². The van der Waals surface area contributed by atoms with Gasteiger partial charge < -0.3 is 20.9 Å². The second-order valence-corrected chi connectivity index (χ2v) is 2.73. The third-order valence-corrected chi connectivity index (χ3v) is 1.33. The van der Waals surface area contributed by atoms with Gasteiger partial charge in [-0.1, -0.05) is 0 Å². The summed E-state index contributed by atoms with van der Waals surface area (Å²) in [5.74, 6) is -0.932. The molecule has 1 atom stereocenters. The number of rotatable bonds is 6. The van der Waals surface area contributed by atoms with E-state index in [0.29, 0.717) is 6.42 Å². The van der Waals surface area contributed by atoms with E-state index in [9.17, 15) is 9.59 Å². The van der Waals surface area contributed by atoms with Crippen molar-refractivity contribution in [2.75, 3.05) is 19.8 Å². The van der Waals surface area contributed by atoms with Crippen LogP contribution >= 0.6 is 0 Å². The molecule has 0 aliphatic carbocycles. The number of esters is 2. The molecular weight excluding hydrogens is 188 g/mol. The quantitative estimate of drug-likeness (QED) is 0.414. The summed E-state index contributed by atoms with van der Waals surface area (Å²) in [6, 6.07) is -0.624. The van der Waals surface area contributed by atoms with Gasteiger partial charge in [-0.2, -0.15) is 0 Å². The zero-order chi connectivity index (χ0) is 11.0. The summed E-state index contributed by atoms with van der Waals surface area (Å²) >= 11 is 0. The lowest BCUT2D eigenvalue weighted by Gasteiger charge is -2.07. The molecule has 0 fully saturated rings. The van der Waals surface area contributed by atoms with Crippen LogP contribution in [0.5, 0.6) is 0 Å². The van der Waals surface area contributed by atoms with Gasteiger partial charge in [0.2, 0.25) is 0 Å². The standard InChI is InChI=1S/C8H16N2O4/c1-6(10)8(12)14-4-2-3-13-7(11)5-9/h6H,2-5,9-10H2,1H3. The number of nitrogens with two attached hydrogens (primary N) is 2. The molecule has 0 amide bonds. The molecule has 0 aliphatic heterocycles. The first-order valence-corrected chi connectivity index (χ1v) is 4.36. The third kappa shape index (κ3) is 6.38. The highest BCUT2D eigenvalue weighted by atomic mass is 16.5. The Hall–Kier alpha value is -1.14. The van der Waals surface area contributed by atoms with Gasteiger partial charge in [0.05, 0.1) is 19.8 Å². The van der Waals surface area contributed by atoms with Crippen molar-refractivity contribution in [3.63, 3.8) is 0 Å². The summed E-state index contributed by atoms with van der Waals surface area (Å²) in [6.07, 6.45) is 0.449. The molecule has 1 unspecified atom stereocenters. The van der Waals surface area contributed by atoms with E-state index < -0.39 is 18.0 Å². The van der Waals surface area contributed by atoms with Gasteiger partial charge in [0.15, 0.2) is 0 Å². The first-order chi connectivity index (χ1) is 6.57. The number of carbonyl (C=O) groups is 2. The van der Waals surface area contributed by atoms with Crippen molar-refractivity contribution < 1.29 is 19.1 Å². The molecule has 0 aliphatic rings. The zero-order valence-corrected chi connectivity index (χ0v) is 8.19. The lowest BCUT2D eigenvalue weighted by molar-refractivity contribution is -0.146. The number of hydrogen-bond acceptors (Lipinski definition) is 6. The lowest BCUT2D eigenvalue weighted by atomic mass is 10.4. The van der Waals surface area contributed by atoms with Crippen LogP contribution in [0.25, 0.3) is 0 Å². The highest BCUT2D eigenvalue weighted by molar-refractivity contribution is 5.74. The van der Waals surface area contributed by atoms with Crippen molar-refractivity contribution >= 4 is 11.9 Å². The maximum atomic E-state index is 10.8. The molecule has 0 saturated heterocycles. The van der Waals surface area contributed by atoms with Crippen molar-refractivity contribution in [3.05, 3.63) is 0 Å². The molecule has 4 N–H and O–H groups in total. The fraction of sp³-hybridized carbons (Fsp3) is 0.750. The van der Waals surface area contributed by atoms with E-state index in [1.807, 2.05) is 0 Å². The van der Waals surface area contributed by atoms with E-state index in [1.54, 1.807) is 0 Å². The van der Waals surface area contributed by atoms with E-state index in [1.165, 1.54) is 6.92 Å². The van der Waals surface area contributed by atoms with Gasteiger partial charge in [0.25, 0.3) is 0 Å². The summed E-state index contributed by atoms with van der Waals surface area (Å²) < 4.78 is 9.38. The smallest absolute Gasteiger partial charge is 0.322 e. The Bertz CT molecular complexity index is 194. The molecule has 14 heavy (non-hydrogen) atoms. The third-order valence-electron chi connectivity index (χ3n) is 1.33. The van der Waals surface area contributed by atoms with E-state index in [0.717, 1.165) is 0 Å². The Kier molecular flexibility index (Phi) is 6.69. The van der Waals surface area contributed by atoms with Gasteiger partial charge >= 0.3 is 11.9 Å². The lowest BCUT2D eigenvalue weighted by Crippen LogP contribution is -2.29. The second kappa shape index (κ2) is 7.28. The van der Waals surface area contributed by atoms with Crippen LogP contribution in [0.3, 0.4) is 0 Å². The molecule has 0 aromatic carbocycles. The Morgan fingerprint density at radius 3 is 2.36 bits per heavy atom. The molecule has 0 radical (unpaired) electrons. The van der Waals surface area contributed by atoms with E-state index in [2.05, 4.69) is 4.74 Å². The molecule has 0 bridgehead atoms. The number of carbonyl (C=O) groups excluding carboxylic acids is 2. The van der Waals surface area contributed by atoms with E-state index in [4.69, 9.17) is 16.2 Å². The van der Waals surface area contributed by atoms with Gasteiger partial charge in [0, 0.05) is 6.42 Å². The maximum absolute atomic E-state index is 10.8. The van der Waals surface area contributed by atoms with Gasteiger partial charge in [-0.25, -0.2) is 0 Å². The molecule has 0 rings (SSSR count). The number of ether oxygens (including phenoxy) is 2. The SMILES string of the molecule is CC(N)C(=O)OCCCOC(=O)CN. The van der Waals surface area contributed by atoms with Crippen LogP contribution in [0.4, 0.5) is 0 Å². The van der Waals surface area contributed by atoms with Crippen molar-refractivity contribution in [1.82, 2.24) is 0 Å². The van der Waals surface area contributed by atoms with Crippen LogP contribution < -0.4 is 11.5 Å². The van der Waals surface area contributed by atoms with Crippen molar-refractivity contribution in [3.8, 4) is 0 Å². The normalized spacial score (nSPS) is 11.9. The molecule has 82 valence electrons. The predicted octanol–water partition coefficient (Wildman–Crippen LogP) is -1.23. The Morgan fingerprint density at radius 2 is 1.86 bits per heavy atom. The maximum Gasteiger partial charge on any atom is 0.322 e. The summed E-state index contributed by atoms with van der Waals surface area (Å²) in [6.45, 7) is 1.79. The summed E-state index contributed by atoms with van der Waals surface area (Å²) in [5.41, 5.74) is 10.2. The summed E-state index contributed by atoms with van der Waals surface area (Å²) in [7, 11) is 0. The molecule has 6 nitrogen and oxygen atoms in total. The highest BCUT2D eigenvalue weighted by Crippen LogP contribution is 1.89. The molecule has 0 spiro atoms. The first kappa shape index (κ1) is 12.9. The highest BCUT2D eigenvalue weighted by Gasteiger charge is 2.07. The number of hydrogen-bond donors (Lipinski definition) is 2. The Labute approximate surface area is 82.5 Å². The second-order valence-electron chi connectivity index (χ2n) is 2.73. The minimum absolute atomic E-state index is 0.139. The minimum atomic E-state index is -0.624. The van der Waals surface area contributed by atoms with Crippen molar-refractivity contribution in [2.24, 2.45) is 11.5 Å². The molecule has 0 heterocycles. The van der Waals surface area contributed by atoms with E-state index in [-0.39, 0.29) is 19.8 Å². The molecule has 0 saturated carbocycles. The fourth-order valence-electron chi connectivity index (χ4n) is 0.608. The van der Waals surface area contributed by atoms with Gasteiger partial charge in [-0.3, -0.25) is 9.59 Å². The topological polar surface area (TPSA) is 105 Å². The van der Waals surface area contributed by atoms with Gasteiger partial charge in [0.1, 0.15) is 6.04 Å². The van der Waals surface area contributed by atoms with Gasteiger partial charge in [-0.15, -0.1) is 0 Å². The predicted molar refractivity (Wildman–Crippen MR) is 49.2 cm³/mol. The zero-order valence-electron chi connectivity index (χ0n) is 8.19. The van der Waals surface area contributed by atoms with Crippen LogP contribution in [-0.2, 0) is 19.1 Å². The largest absolute Gasteiger partial charge is 0.465 e. The van der Waals surface area contributed by atoms with E-state index >= 15 is 0 Å².